The Morgan fingerprint density at radius 1 is 1.28 bits per heavy atom. The third kappa shape index (κ3) is 4.24. The normalized spacial score (nSPS) is 11.3. The SMILES string of the molecule is CCCCC(=O)c1sc(S(C)(=O)=O)c(C#N)c1-c1ccc(Cl)c(Cl)c1. The minimum atomic E-state index is -3.64. The summed E-state index contributed by atoms with van der Waals surface area (Å²) in [4.78, 5) is 12.9. The molecule has 2 aromatic rings. The fourth-order valence-electron chi connectivity index (χ4n) is 2.35. The van der Waals surface area contributed by atoms with Crippen LogP contribution in [0.1, 0.15) is 41.4 Å². The molecule has 4 nitrogen and oxygen atoms in total. The maximum absolute atomic E-state index is 12.6. The standard InChI is InChI=1S/C17H15Cl2NO3S2/c1-3-4-5-14(21)16-15(10-6-7-12(18)13(19)8-10)11(9-20)17(24-16)25(2,22)23/h6-8H,3-5H2,1-2H3. The third-order valence-corrected chi connectivity index (χ3v) is 7.34. The van der Waals surface area contributed by atoms with E-state index in [9.17, 15) is 18.5 Å². The Hall–Kier alpha value is -1.39. The van der Waals surface area contributed by atoms with E-state index in [1.54, 1.807) is 12.1 Å². The number of unbranched alkanes of at least 4 members (excludes halogenated alkanes) is 1. The van der Waals surface area contributed by atoms with Crippen molar-refractivity contribution in [1.29, 1.82) is 5.26 Å². The monoisotopic (exact) mass is 415 g/mol. The van der Waals surface area contributed by atoms with Crippen molar-refractivity contribution >= 4 is 50.2 Å². The van der Waals surface area contributed by atoms with Gasteiger partial charge in [0.05, 0.1) is 20.5 Å². The Bertz CT molecular complexity index is 973. The van der Waals surface area contributed by atoms with Crippen molar-refractivity contribution in [1.82, 2.24) is 0 Å². The maximum Gasteiger partial charge on any atom is 0.186 e. The van der Waals surface area contributed by atoms with Crippen molar-refractivity contribution in [3.63, 3.8) is 0 Å². The molecule has 25 heavy (non-hydrogen) atoms. The van der Waals surface area contributed by atoms with Gasteiger partial charge < -0.3 is 0 Å². The largest absolute Gasteiger partial charge is 0.293 e. The van der Waals surface area contributed by atoms with Gasteiger partial charge in [0, 0.05) is 18.2 Å². The van der Waals surface area contributed by atoms with Gasteiger partial charge >= 0.3 is 0 Å². The van der Waals surface area contributed by atoms with Gasteiger partial charge in [0.2, 0.25) is 0 Å². The van der Waals surface area contributed by atoms with Crippen molar-refractivity contribution < 1.29 is 13.2 Å². The second-order valence-electron chi connectivity index (χ2n) is 5.51. The number of hydrogen-bond donors (Lipinski definition) is 0. The number of hydrogen-bond acceptors (Lipinski definition) is 5. The van der Waals surface area contributed by atoms with E-state index in [0.717, 1.165) is 24.0 Å². The van der Waals surface area contributed by atoms with Crippen LogP contribution in [0.3, 0.4) is 0 Å². The summed E-state index contributed by atoms with van der Waals surface area (Å²) >= 11 is 12.8. The highest BCUT2D eigenvalue weighted by Gasteiger charge is 2.28. The molecule has 0 aliphatic heterocycles. The first-order chi connectivity index (χ1) is 11.7. The molecule has 0 N–H and O–H groups in total. The zero-order valence-corrected chi connectivity index (χ0v) is 16.7. The van der Waals surface area contributed by atoms with Crippen molar-refractivity contribution in [2.45, 2.75) is 30.4 Å². The average Bonchev–Trinajstić information content (AvgIpc) is 2.95. The number of halogens is 2. The van der Waals surface area contributed by atoms with Crippen LogP contribution in [0.4, 0.5) is 0 Å². The number of thiophene rings is 1. The molecule has 1 aromatic heterocycles. The highest BCUT2D eigenvalue weighted by atomic mass is 35.5. The molecule has 0 amide bonds. The number of rotatable bonds is 6. The number of benzene rings is 1. The summed E-state index contributed by atoms with van der Waals surface area (Å²) in [5.41, 5.74) is 0.787. The molecule has 8 heteroatoms. The van der Waals surface area contributed by atoms with Crippen LogP contribution in [0.5, 0.6) is 0 Å². The van der Waals surface area contributed by atoms with Crippen molar-refractivity contribution in [2.75, 3.05) is 6.26 Å². The van der Waals surface area contributed by atoms with E-state index in [2.05, 4.69) is 0 Å². The van der Waals surface area contributed by atoms with Crippen LogP contribution in [0, 0.1) is 11.3 Å². The van der Waals surface area contributed by atoms with Gasteiger partial charge in [-0.2, -0.15) is 5.26 Å². The second-order valence-corrected chi connectivity index (χ2v) is 9.55. The predicted octanol–water partition coefficient (Wildman–Crippen LogP) is 5.37. The van der Waals surface area contributed by atoms with Crippen molar-refractivity contribution in [3.05, 3.63) is 38.7 Å². The number of nitrogens with zero attached hydrogens (tertiary/aromatic N) is 1. The Morgan fingerprint density at radius 2 is 1.96 bits per heavy atom. The van der Waals surface area contributed by atoms with Crippen LogP contribution in [-0.2, 0) is 9.84 Å². The molecule has 0 aliphatic carbocycles. The molecule has 0 spiro atoms. The summed E-state index contributed by atoms with van der Waals surface area (Å²) in [7, 11) is -3.64. The van der Waals surface area contributed by atoms with Gasteiger partial charge in [-0.15, -0.1) is 11.3 Å². The van der Waals surface area contributed by atoms with E-state index in [-0.39, 0.29) is 25.5 Å². The molecule has 0 aliphatic rings. The topological polar surface area (TPSA) is 75.0 Å². The Kier molecular flexibility index (Phi) is 6.28. The van der Waals surface area contributed by atoms with E-state index >= 15 is 0 Å². The van der Waals surface area contributed by atoms with Gasteiger partial charge in [-0.1, -0.05) is 42.6 Å². The molecule has 132 valence electrons. The predicted molar refractivity (Wildman–Crippen MR) is 101 cm³/mol. The van der Waals surface area contributed by atoms with E-state index in [0.29, 0.717) is 29.0 Å². The number of ketones is 1. The summed E-state index contributed by atoms with van der Waals surface area (Å²) in [6, 6.07) is 6.65. The Morgan fingerprint density at radius 3 is 2.48 bits per heavy atom. The van der Waals surface area contributed by atoms with Crippen LogP contribution in [0.15, 0.2) is 22.4 Å². The van der Waals surface area contributed by atoms with Crippen molar-refractivity contribution in [3.8, 4) is 17.2 Å². The summed E-state index contributed by atoms with van der Waals surface area (Å²) in [6.45, 7) is 1.96. The van der Waals surface area contributed by atoms with Gasteiger partial charge in [-0.3, -0.25) is 4.79 Å². The van der Waals surface area contributed by atoms with E-state index in [4.69, 9.17) is 23.2 Å². The fraction of sp³-hybridized carbons (Fsp3) is 0.294. The molecule has 1 heterocycles. The lowest BCUT2D eigenvalue weighted by Gasteiger charge is -2.06. The maximum atomic E-state index is 12.6. The van der Waals surface area contributed by atoms with Crippen LogP contribution in [0.2, 0.25) is 10.0 Å². The molecule has 0 atom stereocenters. The zero-order valence-electron chi connectivity index (χ0n) is 13.6. The van der Waals surface area contributed by atoms with Crippen LogP contribution in [-0.4, -0.2) is 20.5 Å². The third-order valence-electron chi connectivity index (χ3n) is 3.54. The number of sulfone groups is 1. The molecule has 0 fully saturated rings. The smallest absolute Gasteiger partial charge is 0.186 e. The van der Waals surface area contributed by atoms with Crippen LogP contribution < -0.4 is 0 Å². The molecular weight excluding hydrogens is 401 g/mol. The second kappa shape index (κ2) is 7.88. The number of carbonyl (C=O) groups is 1. The molecule has 1 aromatic carbocycles. The lowest BCUT2D eigenvalue weighted by atomic mass is 9.99. The minimum absolute atomic E-state index is 0.0225. The summed E-state index contributed by atoms with van der Waals surface area (Å²) < 4.78 is 24.0. The number of Topliss-reactive ketones (excluding diaryl/α,β-unsaturated/α-hetero) is 1. The molecule has 0 radical (unpaired) electrons. The molecular formula is C17H15Cl2NO3S2. The van der Waals surface area contributed by atoms with Gasteiger partial charge in [-0.25, -0.2) is 8.42 Å². The van der Waals surface area contributed by atoms with Crippen LogP contribution >= 0.6 is 34.5 Å². The van der Waals surface area contributed by atoms with Gasteiger partial charge in [-0.05, 0) is 24.1 Å². The first kappa shape index (κ1) is 19.9. The summed E-state index contributed by atoms with van der Waals surface area (Å²) in [5, 5.41) is 10.1. The Labute approximate surface area is 160 Å². The highest BCUT2D eigenvalue weighted by Crippen LogP contribution is 2.41. The van der Waals surface area contributed by atoms with E-state index < -0.39 is 9.84 Å². The zero-order chi connectivity index (χ0) is 18.8. The molecule has 0 saturated heterocycles. The quantitative estimate of drug-likeness (QED) is 0.594. The number of nitriles is 1. The van der Waals surface area contributed by atoms with E-state index in [1.807, 2.05) is 13.0 Å². The summed E-state index contributed by atoms with van der Waals surface area (Å²) in [5.74, 6) is -0.181. The molecule has 0 saturated carbocycles. The first-order valence-electron chi connectivity index (χ1n) is 7.46. The fourth-order valence-corrected chi connectivity index (χ4v) is 4.99. The molecule has 0 unspecified atom stereocenters. The van der Waals surface area contributed by atoms with Gasteiger partial charge in [0.1, 0.15) is 10.3 Å². The first-order valence-corrected chi connectivity index (χ1v) is 10.9. The summed E-state index contributed by atoms with van der Waals surface area (Å²) in [6.07, 6.45) is 2.84. The highest BCUT2D eigenvalue weighted by molar-refractivity contribution is 7.92. The van der Waals surface area contributed by atoms with Gasteiger partial charge in [0.25, 0.3) is 0 Å². The molecule has 0 bridgehead atoms. The minimum Gasteiger partial charge on any atom is -0.293 e. The lowest BCUT2D eigenvalue weighted by Crippen LogP contribution is -1.99. The van der Waals surface area contributed by atoms with Crippen LogP contribution in [0.25, 0.3) is 11.1 Å². The van der Waals surface area contributed by atoms with E-state index in [1.165, 1.54) is 6.07 Å². The number of carbonyl (C=O) groups excluding carboxylic acids is 1. The lowest BCUT2D eigenvalue weighted by molar-refractivity contribution is 0.0984. The van der Waals surface area contributed by atoms with Crippen molar-refractivity contribution in [2.24, 2.45) is 0 Å². The average molecular weight is 416 g/mol. The van der Waals surface area contributed by atoms with Gasteiger partial charge in [0.15, 0.2) is 15.6 Å². The Balaban J connectivity index is 2.78. The molecule has 2 rings (SSSR count).